The van der Waals surface area contributed by atoms with Crippen molar-refractivity contribution in [1.82, 2.24) is 4.57 Å². The second-order valence-corrected chi connectivity index (χ2v) is 13.7. The molecule has 2 aromatic heterocycles. The highest BCUT2D eigenvalue weighted by Crippen LogP contribution is 2.47. The summed E-state index contributed by atoms with van der Waals surface area (Å²) in [4.78, 5) is 2.43. The third-order valence-corrected chi connectivity index (χ3v) is 10.8. The van der Waals surface area contributed by atoms with Crippen molar-refractivity contribution in [2.75, 3.05) is 4.90 Å². The van der Waals surface area contributed by atoms with Gasteiger partial charge in [0, 0.05) is 49.3 Å². The van der Waals surface area contributed by atoms with E-state index in [2.05, 4.69) is 198 Å². The van der Waals surface area contributed by atoms with Crippen molar-refractivity contribution in [3.8, 4) is 16.8 Å². The molecule has 0 bridgehead atoms. The molecular weight excluding hydrogens is 645 g/mol. The summed E-state index contributed by atoms with van der Waals surface area (Å²) in [5.41, 5.74) is 11.0. The van der Waals surface area contributed by atoms with Crippen LogP contribution in [0.4, 0.5) is 17.1 Å². The van der Waals surface area contributed by atoms with Gasteiger partial charge >= 0.3 is 0 Å². The Morgan fingerprint density at radius 1 is 0.377 bits per heavy atom. The molecule has 248 valence electrons. The van der Waals surface area contributed by atoms with Crippen LogP contribution in [-0.4, -0.2) is 4.57 Å². The molecule has 0 saturated heterocycles. The predicted octanol–water partition coefficient (Wildman–Crippen LogP) is 14.1. The van der Waals surface area contributed by atoms with Crippen LogP contribution in [0.2, 0.25) is 0 Å². The number of anilines is 3. The summed E-state index contributed by atoms with van der Waals surface area (Å²) in [7, 11) is 0. The van der Waals surface area contributed by atoms with Crippen LogP contribution in [0.15, 0.2) is 199 Å². The second-order valence-electron chi connectivity index (χ2n) is 13.7. The first-order valence-corrected chi connectivity index (χ1v) is 18.1. The fourth-order valence-corrected chi connectivity index (χ4v) is 8.43. The minimum atomic E-state index is 0.902. The summed E-state index contributed by atoms with van der Waals surface area (Å²) in [6.07, 6.45) is 0. The molecule has 53 heavy (non-hydrogen) atoms. The highest BCUT2D eigenvalue weighted by Gasteiger charge is 2.22. The van der Waals surface area contributed by atoms with Gasteiger partial charge in [-0.25, -0.2) is 0 Å². The first kappa shape index (κ1) is 29.6. The van der Waals surface area contributed by atoms with Crippen molar-refractivity contribution < 1.29 is 4.42 Å². The van der Waals surface area contributed by atoms with E-state index in [4.69, 9.17) is 4.42 Å². The van der Waals surface area contributed by atoms with Crippen molar-refractivity contribution in [3.05, 3.63) is 194 Å². The minimum absolute atomic E-state index is 0.902. The van der Waals surface area contributed by atoms with Crippen LogP contribution < -0.4 is 4.90 Å². The molecule has 0 spiro atoms. The molecule has 11 rings (SSSR count). The number of furan rings is 1. The first-order valence-electron chi connectivity index (χ1n) is 18.1. The highest BCUT2D eigenvalue weighted by atomic mass is 16.3. The lowest BCUT2D eigenvalue weighted by Gasteiger charge is -2.29. The molecular formula is C50H32N2O. The van der Waals surface area contributed by atoms with Gasteiger partial charge in [0.15, 0.2) is 0 Å². The van der Waals surface area contributed by atoms with Crippen LogP contribution in [0.3, 0.4) is 0 Å². The Balaban J connectivity index is 1.16. The maximum absolute atomic E-state index is 6.50. The molecule has 0 saturated carbocycles. The fourth-order valence-electron chi connectivity index (χ4n) is 8.43. The maximum atomic E-state index is 6.50. The Morgan fingerprint density at radius 3 is 1.72 bits per heavy atom. The Hall–Kier alpha value is -7.10. The monoisotopic (exact) mass is 676 g/mol. The average molecular weight is 677 g/mol. The lowest BCUT2D eigenvalue weighted by molar-refractivity contribution is 0.672. The maximum Gasteiger partial charge on any atom is 0.143 e. The van der Waals surface area contributed by atoms with Crippen molar-refractivity contribution in [3.63, 3.8) is 0 Å². The van der Waals surface area contributed by atoms with Crippen LogP contribution in [0, 0.1) is 0 Å². The van der Waals surface area contributed by atoms with Crippen LogP contribution >= 0.6 is 0 Å². The van der Waals surface area contributed by atoms with Gasteiger partial charge in [0.25, 0.3) is 0 Å². The van der Waals surface area contributed by atoms with Gasteiger partial charge in [0.1, 0.15) is 11.2 Å². The Labute approximate surface area is 306 Å². The molecule has 2 heterocycles. The zero-order chi connectivity index (χ0) is 34.9. The van der Waals surface area contributed by atoms with Crippen molar-refractivity contribution in [1.29, 1.82) is 0 Å². The quantitative estimate of drug-likeness (QED) is 0.181. The molecule has 0 N–H and O–H groups in total. The van der Waals surface area contributed by atoms with Crippen molar-refractivity contribution in [2.24, 2.45) is 0 Å². The summed E-state index contributed by atoms with van der Waals surface area (Å²) < 4.78 is 8.88. The van der Waals surface area contributed by atoms with Gasteiger partial charge < -0.3 is 13.9 Å². The first-order chi connectivity index (χ1) is 26.3. The number of hydrogen-bond donors (Lipinski definition) is 0. The van der Waals surface area contributed by atoms with Crippen LogP contribution in [-0.2, 0) is 0 Å². The van der Waals surface area contributed by atoms with E-state index in [1.54, 1.807) is 0 Å². The molecule has 0 radical (unpaired) electrons. The summed E-state index contributed by atoms with van der Waals surface area (Å²) in [5, 5.41) is 9.42. The molecule has 0 atom stereocenters. The van der Waals surface area contributed by atoms with Crippen molar-refractivity contribution in [2.45, 2.75) is 0 Å². The van der Waals surface area contributed by atoms with Gasteiger partial charge in [0.2, 0.25) is 0 Å². The lowest BCUT2D eigenvalue weighted by atomic mass is 9.93. The average Bonchev–Trinajstić information content (AvgIpc) is 3.77. The van der Waals surface area contributed by atoms with Gasteiger partial charge in [-0.2, -0.15) is 0 Å². The molecule has 3 nitrogen and oxygen atoms in total. The van der Waals surface area contributed by atoms with Gasteiger partial charge in [-0.1, -0.05) is 133 Å². The number of fused-ring (bicyclic) bond motifs is 9. The normalized spacial score (nSPS) is 11.8. The number of nitrogens with zero attached hydrogens (tertiary/aromatic N) is 2. The summed E-state index contributed by atoms with van der Waals surface area (Å²) in [5.74, 6) is 0. The second kappa shape index (κ2) is 11.7. The molecule has 0 aliphatic rings. The standard InChI is InChI=1S/C50H32N2O/c1-2-16-36-33(14-1)15-13-26-45(36)51(34-28-30-35(31-29-34)52-46-23-9-5-18-38(46)39-19-6-10-24-47(39)52)48-25-11-7-20-40(48)43-32-44-41-21-8-12-27-49(41)53-50(44)42-22-4-3-17-37(42)43/h1-32H. The Kier molecular flexibility index (Phi) is 6.55. The number of aromatic nitrogens is 1. The van der Waals surface area contributed by atoms with E-state index in [1.807, 2.05) is 6.07 Å². The molecule has 11 aromatic rings. The summed E-state index contributed by atoms with van der Waals surface area (Å²) in [6.45, 7) is 0. The summed E-state index contributed by atoms with van der Waals surface area (Å²) >= 11 is 0. The van der Waals surface area contributed by atoms with Gasteiger partial charge in [-0.15, -0.1) is 0 Å². The van der Waals surface area contributed by atoms with Crippen molar-refractivity contribution >= 4 is 82.4 Å². The molecule has 9 aromatic carbocycles. The number of benzene rings is 9. The van der Waals surface area contributed by atoms with E-state index in [0.29, 0.717) is 0 Å². The van der Waals surface area contributed by atoms with E-state index < -0.39 is 0 Å². The minimum Gasteiger partial charge on any atom is -0.455 e. The SMILES string of the molecule is c1ccc(N(c2ccc(-n3c4ccccc4c4ccccc43)cc2)c2cccc3ccccc23)c(-c2cc3c4ccccc4oc3c3ccccc23)c1. The van der Waals surface area contributed by atoms with Crippen LogP contribution in [0.5, 0.6) is 0 Å². The van der Waals surface area contributed by atoms with Crippen LogP contribution in [0.1, 0.15) is 0 Å². The fraction of sp³-hybridized carbons (Fsp3) is 0. The van der Waals surface area contributed by atoms with Gasteiger partial charge in [0.05, 0.1) is 22.4 Å². The van der Waals surface area contributed by atoms with E-state index >= 15 is 0 Å². The van der Waals surface area contributed by atoms with E-state index in [-0.39, 0.29) is 0 Å². The summed E-state index contributed by atoms with van der Waals surface area (Å²) in [6, 6.07) is 69.8. The highest BCUT2D eigenvalue weighted by molar-refractivity contribution is 6.20. The third-order valence-electron chi connectivity index (χ3n) is 10.8. The number of rotatable bonds is 5. The van der Waals surface area contributed by atoms with E-state index in [9.17, 15) is 0 Å². The van der Waals surface area contributed by atoms with Crippen LogP contribution in [0.25, 0.3) is 82.1 Å². The molecule has 0 amide bonds. The zero-order valence-electron chi connectivity index (χ0n) is 28.8. The predicted molar refractivity (Wildman–Crippen MR) is 223 cm³/mol. The zero-order valence-corrected chi connectivity index (χ0v) is 28.8. The molecule has 0 aliphatic heterocycles. The number of hydrogen-bond acceptors (Lipinski definition) is 2. The van der Waals surface area contributed by atoms with Gasteiger partial charge in [-0.05, 0) is 77.0 Å². The Bertz CT molecular complexity index is 3130. The van der Waals surface area contributed by atoms with E-state index in [0.717, 1.165) is 61.0 Å². The lowest BCUT2D eigenvalue weighted by Crippen LogP contribution is -2.12. The molecule has 0 unspecified atom stereocenters. The molecule has 3 heteroatoms. The third kappa shape index (κ3) is 4.54. The number of para-hydroxylation sites is 4. The topological polar surface area (TPSA) is 21.3 Å². The Morgan fingerprint density at radius 2 is 0.943 bits per heavy atom. The smallest absolute Gasteiger partial charge is 0.143 e. The van der Waals surface area contributed by atoms with E-state index in [1.165, 1.54) is 38.1 Å². The largest absolute Gasteiger partial charge is 0.455 e. The molecule has 0 fully saturated rings. The van der Waals surface area contributed by atoms with Gasteiger partial charge in [-0.3, -0.25) is 0 Å². The molecule has 0 aliphatic carbocycles.